The summed E-state index contributed by atoms with van der Waals surface area (Å²) in [5.41, 5.74) is 4.42. The van der Waals surface area contributed by atoms with Crippen molar-refractivity contribution in [3.05, 3.63) is 93.0 Å². The van der Waals surface area contributed by atoms with Crippen molar-refractivity contribution in [3.8, 4) is 11.5 Å². The van der Waals surface area contributed by atoms with Gasteiger partial charge in [0.15, 0.2) is 5.65 Å². The lowest BCUT2D eigenvalue weighted by molar-refractivity contribution is -0.121. The van der Waals surface area contributed by atoms with Gasteiger partial charge in [0, 0.05) is 23.0 Å². The molecule has 4 rings (SSSR count). The maximum absolute atomic E-state index is 13.2. The van der Waals surface area contributed by atoms with Crippen LogP contribution in [0.15, 0.2) is 59.4 Å². The number of ether oxygens (including phenoxy) is 2. The summed E-state index contributed by atoms with van der Waals surface area (Å²) in [7, 11) is 3.23. The van der Waals surface area contributed by atoms with Gasteiger partial charge in [0.2, 0.25) is 5.91 Å². The summed E-state index contributed by atoms with van der Waals surface area (Å²) in [5.74, 6) is 1.32. The average Bonchev–Trinajstić information content (AvgIpc) is 3.20. The Kier molecular flexibility index (Phi) is 6.17. The number of hydrogen-bond acceptors (Lipinski definition) is 5. The molecule has 8 nitrogen and oxygen atoms in total. The number of amides is 1. The third kappa shape index (κ3) is 4.59. The molecular formula is C25H26N4O4. The molecule has 0 unspecified atom stereocenters. The van der Waals surface area contributed by atoms with Crippen molar-refractivity contribution >= 4 is 11.6 Å². The zero-order chi connectivity index (χ0) is 23.5. The zero-order valence-electron chi connectivity index (χ0n) is 19.0. The number of nitrogens with one attached hydrogen (secondary N) is 2. The molecule has 2 heterocycles. The van der Waals surface area contributed by atoms with Crippen LogP contribution in [0.3, 0.4) is 0 Å². The molecule has 2 N–H and O–H groups in total. The van der Waals surface area contributed by atoms with Crippen LogP contribution in [0.5, 0.6) is 11.5 Å². The van der Waals surface area contributed by atoms with Crippen LogP contribution in [-0.4, -0.2) is 34.7 Å². The largest absolute Gasteiger partial charge is 0.497 e. The Bertz CT molecular complexity index is 1290. The van der Waals surface area contributed by atoms with E-state index in [1.807, 2.05) is 62.4 Å². The van der Waals surface area contributed by atoms with Crippen LogP contribution < -0.4 is 20.3 Å². The molecular weight excluding hydrogens is 420 g/mol. The van der Waals surface area contributed by atoms with Gasteiger partial charge in [-0.2, -0.15) is 0 Å². The maximum atomic E-state index is 13.2. The number of nitrogens with zero attached hydrogens (tertiary/aromatic N) is 2. The first-order valence-electron chi connectivity index (χ1n) is 10.5. The fourth-order valence-corrected chi connectivity index (χ4v) is 3.94. The van der Waals surface area contributed by atoms with Crippen molar-refractivity contribution in [3.63, 3.8) is 0 Å². The number of benzene rings is 2. The predicted molar refractivity (Wildman–Crippen MR) is 125 cm³/mol. The normalized spacial score (nSPS) is 11.1. The van der Waals surface area contributed by atoms with Gasteiger partial charge in [0.1, 0.15) is 11.5 Å². The maximum Gasteiger partial charge on any atom is 0.266 e. The molecule has 8 heteroatoms. The summed E-state index contributed by atoms with van der Waals surface area (Å²) in [6, 6.07) is 16.3. The first-order chi connectivity index (χ1) is 15.9. The summed E-state index contributed by atoms with van der Waals surface area (Å²) in [6.45, 7) is 3.71. The van der Waals surface area contributed by atoms with Crippen molar-refractivity contribution in [2.75, 3.05) is 14.2 Å². The topological polar surface area (TPSA) is 97.7 Å². The number of carbonyl (C=O) groups excluding carboxylic acids is 1. The van der Waals surface area contributed by atoms with E-state index in [0.29, 0.717) is 11.3 Å². The molecule has 0 bridgehead atoms. The van der Waals surface area contributed by atoms with Crippen molar-refractivity contribution in [1.82, 2.24) is 19.9 Å². The molecule has 170 valence electrons. The Hall–Kier alpha value is -4.07. The third-order valence-corrected chi connectivity index (χ3v) is 5.74. The van der Waals surface area contributed by atoms with Gasteiger partial charge in [0.25, 0.3) is 5.56 Å². The molecule has 0 atom stereocenters. The SMILES string of the molecule is COc1ccc(C(NC(=O)Cc2c(C)nc3cc(=O)[nH]n3c2C)c2ccc(OC)cc2)cc1. The molecule has 0 saturated heterocycles. The van der Waals surface area contributed by atoms with Crippen LogP contribution in [0.1, 0.15) is 34.1 Å². The molecule has 0 aliphatic carbocycles. The van der Waals surface area contributed by atoms with Crippen LogP contribution in [-0.2, 0) is 11.2 Å². The molecule has 0 saturated carbocycles. The van der Waals surface area contributed by atoms with E-state index >= 15 is 0 Å². The fourth-order valence-electron chi connectivity index (χ4n) is 3.94. The lowest BCUT2D eigenvalue weighted by Gasteiger charge is -2.21. The molecule has 2 aromatic carbocycles. The highest BCUT2D eigenvalue weighted by atomic mass is 16.5. The second-order valence-electron chi connectivity index (χ2n) is 7.80. The Labute approximate surface area is 191 Å². The van der Waals surface area contributed by atoms with Gasteiger partial charge < -0.3 is 14.8 Å². The number of rotatable bonds is 7. The third-order valence-electron chi connectivity index (χ3n) is 5.74. The van der Waals surface area contributed by atoms with E-state index in [0.717, 1.165) is 33.9 Å². The number of aromatic amines is 1. The second kappa shape index (κ2) is 9.20. The van der Waals surface area contributed by atoms with Crippen LogP contribution in [0.2, 0.25) is 0 Å². The molecule has 2 aromatic heterocycles. The van der Waals surface area contributed by atoms with Gasteiger partial charge in [-0.25, -0.2) is 9.50 Å². The summed E-state index contributed by atoms with van der Waals surface area (Å²) in [5, 5.41) is 5.88. The molecule has 33 heavy (non-hydrogen) atoms. The Morgan fingerprint density at radius 3 is 2.06 bits per heavy atom. The molecule has 0 aliphatic heterocycles. The fraction of sp³-hybridized carbons (Fsp3) is 0.240. The van der Waals surface area contributed by atoms with E-state index in [-0.39, 0.29) is 23.9 Å². The molecule has 0 spiro atoms. The summed E-state index contributed by atoms with van der Waals surface area (Å²) in [6.07, 6.45) is 0.129. The van der Waals surface area contributed by atoms with Crippen molar-refractivity contribution < 1.29 is 14.3 Å². The Balaban J connectivity index is 1.64. The van der Waals surface area contributed by atoms with Crippen LogP contribution in [0.4, 0.5) is 0 Å². The van der Waals surface area contributed by atoms with Gasteiger partial charge in [-0.15, -0.1) is 0 Å². The van der Waals surface area contributed by atoms with Crippen LogP contribution >= 0.6 is 0 Å². The first-order valence-corrected chi connectivity index (χ1v) is 10.5. The Morgan fingerprint density at radius 2 is 1.55 bits per heavy atom. The average molecular weight is 447 g/mol. The number of aryl methyl sites for hydroxylation is 2. The number of hydrogen-bond donors (Lipinski definition) is 2. The van der Waals surface area contributed by atoms with E-state index in [1.165, 1.54) is 6.07 Å². The van der Waals surface area contributed by atoms with Gasteiger partial charge in [-0.1, -0.05) is 24.3 Å². The molecule has 0 fully saturated rings. The minimum Gasteiger partial charge on any atom is -0.497 e. The standard InChI is InChI=1S/C25H26N4O4/c1-15-21(16(2)29-22(26-15)14-24(31)28-29)13-23(30)27-25(17-5-9-19(32-3)10-6-17)18-7-11-20(33-4)12-8-18/h5-12,14,25H,13H2,1-4H3,(H,27,30)(H,28,31). The van der Waals surface area contributed by atoms with Crippen LogP contribution in [0, 0.1) is 13.8 Å². The number of carbonyl (C=O) groups is 1. The van der Waals surface area contributed by atoms with E-state index in [2.05, 4.69) is 15.4 Å². The highest BCUT2D eigenvalue weighted by Gasteiger charge is 2.20. The van der Waals surface area contributed by atoms with E-state index < -0.39 is 0 Å². The summed E-state index contributed by atoms with van der Waals surface area (Å²) in [4.78, 5) is 29.4. The van der Waals surface area contributed by atoms with Gasteiger partial charge in [0.05, 0.1) is 26.7 Å². The highest BCUT2D eigenvalue weighted by molar-refractivity contribution is 5.80. The zero-order valence-corrected chi connectivity index (χ0v) is 19.0. The minimum atomic E-state index is -0.363. The van der Waals surface area contributed by atoms with E-state index in [4.69, 9.17) is 9.47 Å². The van der Waals surface area contributed by atoms with E-state index in [9.17, 15) is 9.59 Å². The summed E-state index contributed by atoms with van der Waals surface area (Å²) >= 11 is 0. The van der Waals surface area contributed by atoms with Gasteiger partial charge >= 0.3 is 0 Å². The van der Waals surface area contributed by atoms with E-state index in [1.54, 1.807) is 18.7 Å². The molecule has 0 aliphatic rings. The minimum absolute atomic E-state index is 0.129. The number of aromatic nitrogens is 3. The lowest BCUT2D eigenvalue weighted by Crippen LogP contribution is -2.31. The predicted octanol–water partition coefficient (Wildman–Crippen LogP) is 3.10. The first kappa shape index (κ1) is 22.1. The van der Waals surface area contributed by atoms with Crippen molar-refractivity contribution in [2.45, 2.75) is 26.3 Å². The van der Waals surface area contributed by atoms with Gasteiger partial charge in [-0.05, 0) is 49.2 Å². The van der Waals surface area contributed by atoms with Gasteiger partial charge in [-0.3, -0.25) is 14.7 Å². The quantitative estimate of drug-likeness (QED) is 0.455. The number of fused-ring (bicyclic) bond motifs is 1. The highest BCUT2D eigenvalue weighted by Crippen LogP contribution is 2.26. The molecule has 0 radical (unpaired) electrons. The monoisotopic (exact) mass is 446 g/mol. The second-order valence-corrected chi connectivity index (χ2v) is 7.80. The number of H-pyrrole nitrogens is 1. The molecule has 4 aromatic rings. The summed E-state index contributed by atoms with van der Waals surface area (Å²) < 4.78 is 12.2. The van der Waals surface area contributed by atoms with Crippen molar-refractivity contribution in [1.29, 1.82) is 0 Å². The van der Waals surface area contributed by atoms with Crippen LogP contribution in [0.25, 0.3) is 5.65 Å². The number of methoxy groups -OCH3 is 2. The molecule has 1 amide bonds. The van der Waals surface area contributed by atoms with Crippen molar-refractivity contribution in [2.24, 2.45) is 0 Å². The lowest BCUT2D eigenvalue weighted by atomic mass is 9.97. The smallest absolute Gasteiger partial charge is 0.266 e. The Morgan fingerprint density at radius 1 is 1.00 bits per heavy atom.